The number of methoxy groups -OCH3 is 1. The lowest BCUT2D eigenvalue weighted by Crippen LogP contribution is -2.29. The molecule has 1 aliphatic heterocycles. The van der Waals surface area contributed by atoms with Gasteiger partial charge in [0.05, 0.1) is 24.2 Å². The van der Waals surface area contributed by atoms with Gasteiger partial charge >= 0.3 is 5.97 Å². The van der Waals surface area contributed by atoms with Crippen molar-refractivity contribution < 1.29 is 24.2 Å². The van der Waals surface area contributed by atoms with Crippen LogP contribution in [0.5, 0.6) is 11.5 Å². The summed E-state index contributed by atoms with van der Waals surface area (Å²) in [4.78, 5) is 26.2. The van der Waals surface area contributed by atoms with Crippen molar-refractivity contribution in [3.8, 4) is 22.6 Å². The zero-order valence-electron chi connectivity index (χ0n) is 20.2. The molecule has 1 fully saturated rings. The van der Waals surface area contributed by atoms with E-state index >= 15 is 0 Å². The third-order valence-corrected chi connectivity index (χ3v) is 7.30. The van der Waals surface area contributed by atoms with Gasteiger partial charge in [-0.2, -0.15) is 15.4 Å². The van der Waals surface area contributed by atoms with Crippen molar-refractivity contribution in [3.63, 3.8) is 0 Å². The molecule has 1 aromatic heterocycles. The molecule has 0 bridgehead atoms. The first-order valence-corrected chi connectivity index (χ1v) is 12.9. The van der Waals surface area contributed by atoms with Gasteiger partial charge in [0, 0.05) is 12.1 Å². The number of amides is 1. The maximum absolute atomic E-state index is 13.1. The summed E-state index contributed by atoms with van der Waals surface area (Å²) in [6.45, 7) is 0.779. The Bertz CT molecular complexity index is 1570. The summed E-state index contributed by atoms with van der Waals surface area (Å²) in [5.74, 6) is 0.138. The topological polar surface area (TPSA) is 118 Å². The fraction of sp³-hybridized carbons (Fsp3) is 0.148. The van der Waals surface area contributed by atoms with Crippen molar-refractivity contribution in [2.75, 3.05) is 20.3 Å². The summed E-state index contributed by atoms with van der Waals surface area (Å²) in [6.07, 6.45) is 2.40. The van der Waals surface area contributed by atoms with Crippen LogP contribution in [-0.4, -0.2) is 61.9 Å². The van der Waals surface area contributed by atoms with Crippen LogP contribution in [0.1, 0.15) is 22.3 Å². The normalized spacial score (nSPS) is 14.4. The Morgan fingerprint density at radius 2 is 1.89 bits per heavy atom. The summed E-state index contributed by atoms with van der Waals surface area (Å²) in [5, 5.41) is 19.9. The average molecular weight is 547 g/mol. The fourth-order valence-corrected chi connectivity index (χ4v) is 5.31. The maximum atomic E-state index is 13.1. The number of thioether (sulfide) groups is 1. The first-order chi connectivity index (χ1) is 18.4. The van der Waals surface area contributed by atoms with Gasteiger partial charge in [0.1, 0.15) is 26.9 Å². The summed E-state index contributed by atoms with van der Waals surface area (Å²) in [6, 6.07) is 17.7. The average Bonchev–Trinajstić information content (AvgIpc) is 3.50. The highest BCUT2D eigenvalue weighted by atomic mass is 32.2. The molecule has 1 aliphatic rings. The maximum Gasteiger partial charge on any atom is 0.335 e. The monoisotopic (exact) mass is 546 g/mol. The highest BCUT2D eigenvalue weighted by Crippen LogP contribution is 2.36. The van der Waals surface area contributed by atoms with E-state index in [1.807, 2.05) is 42.5 Å². The molecule has 0 aliphatic carbocycles. The summed E-state index contributed by atoms with van der Waals surface area (Å²) < 4.78 is 11.7. The lowest BCUT2D eigenvalue weighted by molar-refractivity contribution is -0.122. The van der Waals surface area contributed by atoms with Crippen molar-refractivity contribution in [2.45, 2.75) is 6.42 Å². The first-order valence-electron chi connectivity index (χ1n) is 11.6. The smallest absolute Gasteiger partial charge is 0.335 e. The van der Waals surface area contributed by atoms with Crippen LogP contribution in [0.15, 0.2) is 65.6 Å². The van der Waals surface area contributed by atoms with Crippen molar-refractivity contribution in [1.29, 1.82) is 0 Å². The molecule has 0 unspecified atom stereocenters. The van der Waals surface area contributed by atoms with E-state index in [0.717, 1.165) is 27.7 Å². The molecule has 0 atom stereocenters. The Morgan fingerprint density at radius 3 is 2.66 bits per heavy atom. The van der Waals surface area contributed by atoms with E-state index in [0.29, 0.717) is 40.3 Å². The number of hydrogen-bond acceptors (Lipinski definition) is 8. The highest BCUT2D eigenvalue weighted by molar-refractivity contribution is 8.26. The molecule has 1 amide bonds. The van der Waals surface area contributed by atoms with E-state index in [-0.39, 0.29) is 11.5 Å². The number of benzene rings is 3. The second-order valence-electron chi connectivity index (χ2n) is 8.35. The largest absolute Gasteiger partial charge is 0.496 e. The molecule has 0 radical (unpaired) electrons. The Hall–Kier alpha value is -4.22. The third-order valence-electron chi connectivity index (χ3n) is 5.92. The molecule has 2 N–H and O–H groups in total. The minimum absolute atomic E-state index is 0.146. The number of aromatic nitrogens is 3. The number of rotatable bonds is 9. The van der Waals surface area contributed by atoms with Gasteiger partial charge in [-0.15, -0.1) is 0 Å². The highest BCUT2D eigenvalue weighted by Gasteiger charge is 2.31. The first kappa shape index (κ1) is 25.4. The molecular formula is C27H22N4O5S2. The SMILES string of the molecule is COc1ccc(/C=C2\SC(=S)N(CCCOc3ccc(C(=O)O)cc3)C2=O)cc1-c1ccc2n[nH]nc2c1. The van der Waals surface area contributed by atoms with Gasteiger partial charge in [-0.05, 0) is 72.2 Å². The van der Waals surface area contributed by atoms with Crippen molar-refractivity contribution in [1.82, 2.24) is 20.3 Å². The van der Waals surface area contributed by atoms with Crippen LogP contribution in [0.3, 0.4) is 0 Å². The molecule has 38 heavy (non-hydrogen) atoms. The summed E-state index contributed by atoms with van der Waals surface area (Å²) in [7, 11) is 1.62. The van der Waals surface area contributed by atoms with Crippen molar-refractivity contribution >= 4 is 57.3 Å². The Kier molecular flexibility index (Phi) is 7.38. The lowest BCUT2D eigenvalue weighted by atomic mass is 10.0. The van der Waals surface area contributed by atoms with Crippen LogP contribution in [-0.2, 0) is 4.79 Å². The number of carboxylic acids is 1. The molecule has 2 heterocycles. The Morgan fingerprint density at radius 1 is 1.11 bits per heavy atom. The van der Waals surface area contributed by atoms with Crippen LogP contribution in [0, 0.1) is 0 Å². The fourth-order valence-electron chi connectivity index (χ4n) is 4.00. The van der Waals surface area contributed by atoms with Crippen molar-refractivity contribution in [2.24, 2.45) is 0 Å². The lowest BCUT2D eigenvalue weighted by Gasteiger charge is -2.14. The second-order valence-corrected chi connectivity index (χ2v) is 10.0. The molecule has 11 heteroatoms. The number of H-pyrrole nitrogens is 1. The number of carbonyl (C=O) groups is 2. The minimum atomic E-state index is -0.988. The van der Waals surface area contributed by atoms with E-state index in [2.05, 4.69) is 15.4 Å². The third kappa shape index (κ3) is 5.38. The molecular weight excluding hydrogens is 524 g/mol. The van der Waals surface area contributed by atoms with Gasteiger partial charge < -0.3 is 14.6 Å². The predicted octanol–water partition coefficient (Wildman–Crippen LogP) is 5.00. The van der Waals surface area contributed by atoms with E-state index in [1.54, 1.807) is 24.1 Å². The number of aromatic carboxylic acids is 1. The number of nitrogens with zero attached hydrogens (tertiary/aromatic N) is 3. The van der Waals surface area contributed by atoms with Crippen LogP contribution in [0.2, 0.25) is 0 Å². The molecule has 192 valence electrons. The molecule has 0 spiro atoms. The van der Waals surface area contributed by atoms with Gasteiger partial charge in [-0.1, -0.05) is 36.1 Å². The van der Waals surface area contributed by atoms with E-state index in [9.17, 15) is 9.59 Å². The number of hydrogen-bond donors (Lipinski definition) is 2. The Labute approximate surface area is 227 Å². The molecule has 3 aromatic carbocycles. The van der Waals surface area contributed by atoms with Crippen LogP contribution in [0.4, 0.5) is 0 Å². The number of fused-ring (bicyclic) bond motifs is 1. The number of carboxylic acid groups (broad SMARTS) is 1. The quantitative estimate of drug-likeness (QED) is 0.170. The molecule has 0 saturated carbocycles. The van der Waals surface area contributed by atoms with Crippen LogP contribution in [0.25, 0.3) is 28.2 Å². The molecule has 4 aromatic rings. The molecule has 9 nitrogen and oxygen atoms in total. The van der Waals surface area contributed by atoms with E-state index in [1.165, 1.54) is 23.9 Å². The standard InChI is InChI=1S/C27H22N4O5S2/c1-35-23-10-3-16(13-20(23)18-6-9-21-22(15-18)29-30-28-21)14-24-25(32)31(27(37)38-24)11-2-12-36-19-7-4-17(5-8-19)26(33)34/h3-10,13-15H,2,11-12H2,1H3,(H,33,34)(H,28,29,30)/b24-14-. The van der Waals surface area contributed by atoms with Gasteiger partial charge in [0.15, 0.2) is 0 Å². The zero-order chi connectivity index (χ0) is 26.6. The number of aromatic amines is 1. The van der Waals surface area contributed by atoms with E-state index in [4.69, 9.17) is 26.8 Å². The van der Waals surface area contributed by atoms with Crippen molar-refractivity contribution in [3.05, 3.63) is 76.7 Å². The van der Waals surface area contributed by atoms with Crippen LogP contribution < -0.4 is 9.47 Å². The summed E-state index contributed by atoms with van der Waals surface area (Å²) >= 11 is 6.73. The van der Waals surface area contributed by atoms with Gasteiger partial charge in [0.25, 0.3) is 5.91 Å². The van der Waals surface area contributed by atoms with Crippen LogP contribution >= 0.6 is 24.0 Å². The van der Waals surface area contributed by atoms with Gasteiger partial charge in [0.2, 0.25) is 0 Å². The molecule has 5 rings (SSSR count). The van der Waals surface area contributed by atoms with Gasteiger partial charge in [-0.3, -0.25) is 9.69 Å². The summed E-state index contributed by atoms with van der Waals surface area (Å²) in [5.41, 5.74) is 4.35. The number of nitrogens with one attached hydrogen (secondary N) is 1. The van der Waals surface area contributed by atoms with Gasteiger partial charge in [-0.25, -0.2) is 4.79 Å². The minimum Gasteiger partial charge on any atom is -0.496 e. The Balaban J connectivity index is 1.26. The number of thiocarbonyl (C=S) groups is 1. The molecule has 1 saturated heterocycles. The predicted molar refractivity (Wildman–Crippen MR) is 149 cm³/mol. The number of ether oxygens (including phenoxy) is 2. The van der Waals surface area contributed by atoms with E-state index < -0.39 is 5.97 Å². The zero-order valence-corrected chi connectivity index (χ0v) is 21.8. The second kappa shape index (κ2) is 11.0. The number of carbonyl (C=O) groups excluding carboxylic acids is 1.